The van der Waals surface area contributed by atoms with Crippen LogP contribution in [-0.4, -0.2) is 16.9 Å². The average molecular weight is 260 g/mol. The van der Waals surface area contributed by atoms with E-state index >= 15 is 0 Å². The van der Waals surface area contributed by atoms with E-state index in [1.165, 1.54) is 6.07 Å². The van der Waals surface area contributed by atoms with Gasteiger partial charge in [0, 0.05) is 23.5 Å². The molecule has 0 fully saturated rings. The molecule has 0 unspecified atom stereocenters. The number of pyridine rings is 1. The van der Waals surface area contributed by atoms with Crippen LogP contribution in [0.1, 0.15) is 26.0 Å². The van der Waals surface area contributed by atoms with Crippen molar-refractivity contribution in [2.75, 3.05) is 0 Å². The quantitative estimate of drug-likeness (QED) is 0.918. The second-order valence-corrected chi connectivity index (χ2v) is 4.84. The summed E-state index contributed by atoms with van der Waals surface area (Å²) in [5.41, 5.74) is 1.10. The van der Waals surface area contributed by atoms with Gasteiger partial charge >= 0.3 is 0 Å². The fourth-order valence-corrected chi connectivity index (χ4v) is 1.93. The summed E-state index contributed by atoms with van der Waals surface area (Å²) in [6.07, 6.45) is 0.883. The summed E-state index contributed by atoms with van der Waals surface area (Å²) in [7, 11) is 0. The molecule has 0 radical (unpaired) electrons. The van der Waals surface area contributed by atoms with Gasteiger partial charge in [-0.05, 0) is 32.4 Å². The Labute approximate surface area is 111 Å². The summed E-state index contributed by atoms with van der Waals surface area (Å²) >= 11 is 0. The van der Waals surface area contributed by atoms with E-state index in [2.05, 4.69) is 10.3 Å². The Balaban J connectivity index is 2.09. The van der Waals surface area contributed by atoms with E-state index in [9.17, 15) is 9.18 Å². The highest BCUT2D eigenvalue weighted by Gasteiger charge is 2.07. The molecule has 1 amide bonds. The van der Waals surface area contributed by atoms with E-state index in [0.717, 1.165) is 11.1 Å². The summed E-state index contributed by atoms with van der Waals surface area (Å²) in [5, 5.41) is 3.59. The summed E-state index contributed by atoms with van der Waals surface area (Å²) in [5.74, 6) is -0.337. The van der Waals surface area contributed by atoms with Gasteiger partial charge in [0.15, 0.2) is 0 Å². The maximum atomic E-state index is 13.6. The minimum atomic E-state index is -0.328. The number of carbonyl (C=O) groups is 1. The number of carbonyl (C=O) groups excluding carboxylic acids is 1. The number of nitrogens with one attached hydrogen (secondary N) is 1. The van der Waals surface area contributed by atoms with Crippen molar-refractivity contribution < 1.29 is 9.18 Å². The average Bonchev–Trinajstić information content (AvgIpc) is 2.36. The molecule has 2 rings (SSSR count). The number of fused-ring (bicyclic) bond motifs is 1. The Morgan fingerprint density at radius 1 is 1.32 bits per heavy atom. The van der Waals surface area contributed by atoms with Gasteiger partial charge in [0.05, 0.1) is 0 Å². The van der Waals surface area contributed by atoms with E-state index in [1.807, 2.05) is 32.0 Å². The molecule has 1 N–H and O–H groups in total. The first-order valence-electron chi connectivity index (χ1n) is 6.40. The van der Waals surface area contributed by atoms with E-state index in [-0.39, 0.29) is 17.8 Å². The van der Waals surface area contributed by atoms with Crippen LogP contribution in [0.5, 0.6) is 0 Å². The minimum absolute atomic E-state index is 0.00886. The van der Waals surface area contributed by atoms with Crippen LogP contribution < -0.4 is 5.32 Å². The number of para-hydroxylation sites is 1. The summed E-state index contributed by atoms with van der Waals surface area (Å²) in [4.78, 5) is 15.8. The second kappa shape index (κ2) is 5.78. The molecule has 0 aliphatic carbocycles. The molecule has 0 bridgehead atoms. The zero-order chi connectivity index (χ0) is 13.8. The van der Waals surface area contributed by atoms with Crippen molar-refractivity contribution in [1.82, 2.24) is 10.3 Å². The van der Waals surface area contributed by atoms with Gasteiger partial charge in [0.25, 0.3) is 0 Å². The number of hydrogen-bond acceptors (Lipinski definition) is 2. The third kappa shape index (κ3) is 3.50. The maximum Gasteiger partial charge on any atom is 0.220 e. The molecule has 1 aromatic carbocycles. The number of aryl methyl sites for hydroxylation is 1. The molecule has 0 spiro atoms. The zero-order valence-electron chi connectivity index (χ0n) is 11.1. The van der Waals surface area contributed by atoms with Gasteiger partial charge in [-0.25, -0.2) is 9.37 Å². The van der Waals surface area contributed by atoms with Crippen molar-refractivity contribution in [2.24, 2.45) is 0 Å². The first kappa shape index (κ1) is 13.5. The Hall–Kier alpha value is -1.97. The second-order valence-electron chi connectivity index (χ2n) is 4.84. The van der Waals surface area contributed by atoms with Crippen LogP contribution in [0, 0.1) is 5.82 Å². The first-order chi connectivity index (χ1) is 9.06. The monoisotopic (exact) mass is 260 g/mol. The number of aromatic nitrogens is 1. The predicted octanol–water partition coefficient (Wildman–Crippen LogP) is 2.83. The molecule has 19 heavy (non-hydrogen) atoms. The topological polar surface area (TPSA) is 42.0 Å². The van der Waals surface area contributed by atoms with Crippen molar-refractivity contribution in [3.05, 3.63) is 41.8 Å². The molecule has 0 aliphatic heterocycles. The maximum absolute atomic E-state index is 13.6. The lowest BCUT2D eigenvalue weighted by molar-refractivity contribution is -0.121. The Bertz CT molecular complexity index is 596. The van der Waals surface area contributed by atoms with Crippen molar-refractivity contribution >= 4 is 16.8 Å². The molecule has 1 aromatic heterocycles. The largest absolute Gasteiger partial charge is 0.354 e. The van der Waals surface area contributed by atoms with Crippen molar-refractivity contribution in [2.45, 2.75) is 32.7 Å². The van der Waals surface area contributed by atoms with E-state index in [1.54, 1.807) is 6.07 Å². The van der Waals surface area contributed by atoms with Gasteiger partial charge in [-0.2, -0.15) is 0 Å². The van der Waals surface area contributed by atoms with Gasteiger partial charge in [-0.1, -0.05) is 18.2 Å². The molecular formula is C15H17FN2O. The molecule has 0 atom stereocenters. The fraction of sp³-hybridized carbons (Fsp3) is 0.333. The number of rotatable bonds is 4. The third-order valence-corrected chi connectivity index (χ3v) is 2.79. The lowest BCUT2D eigenvalue weighted by Crippen LogP contribution is -2.30. The van der Waals surface area contributed by atoms with Gasteiger partial charge < -0.3 is 5.32 Å². The Morgan fingerprint density at radius 3 is 2.84 bits per heavy atom. The van der Waals surface area contributed by atoms with Crippen LogP contribution in [0.2, 0.25) is 0 Å². The van der Waals surface area contributed by atoms with Crippen LogP contribution in [0.3, 0.4) is 0 Å². The number of amides is 1. The SMILES string of the molecule is CC(C)NC(=O)CCc1ccc2cccc(F)c2n1. The third-order valence-electron chi connectivity index (χ3n) is 2.79. The summed E-state index contributed by atoms with van der Waals surface area (Å²) in [6, 6.07) is 8.68. The summed E-state index contributed by atoms with van der Waals surface area (Å²) < 4.78 is 13.6. The van der Waals surface area contributed by atoms with Gasteiger partial charge in [-0.3, -0.25) is 4.79 Å². The van der Waals surface area contributed by atoms with Crippen LogP contribution >= 0.6 is 0 Å². The summed E-state index contributed by atoms with van der Waals surface area (Å²) in [6.45, 7) is 3.84. The highest BCUT2D eigenvalue weighted by atomic mass is 19.1. The molecule has 100 valence electrons. The Kier molecular flexibility index (Phi) is 4.10. The number of nitrogens with zero attached hydrogens (tertiary/aromatic N) is 1. The van der Waals surface area contributed by atoms with E-state index in [4.69, 9.17) is 0 Å². The van der Waals surface area contributed by atoms with E-state index in [0.29, 0.717) is 18.4 Å². The predicted molar refractivity (Wildman–Crippen MR) is 73.3 cm³/mol. The molecular weight excluding hydrogens is 243 g/mol. The lowest BCUT2D eigenvalue weighted by Gasteiger charge is -2.08. The fourth-order valence-electron chi connectivity index (χ4n) is 1.93. The minimum Gasteiger partial charge on any atom is -0.354 e. The number of benzene rings is 1. The first-order valence-corrected chi connectivity index (χ1v) is 6.40. The van der Waals surface area contributed by atoms with Crippen LogP contribution in [-0.2, 0) is 11.2 Å². The standard InChI is InChI=1S/C15H17FN2O/c1-10(2)17-14(19)9-8-12-7-6-11-4-3-5-13(16)15(11)18-12/h3-7,10H,8-9H2,1-2H3,(H,17,19). The zero-order valence-corrected chi connectivity index (χ0v) is 11.1. The Morgan fingerprint density at radius 2 is 2.11 bits per heavy atom. The van der Waals surface area contributed by atoms with Gasteiger partial charge in [0.1, 0.15) is 11.3 Å². The molecule has 2 aromatic rings. The van der Waals surface area contributed by atoms with Crippen LogP contribution in [0.25, 0.3) is 10.9 Å². The van der Waals surface area contributed by atoms with Gasteiger partial charge in [0.2, 0.25) is 5.91 Å². The van der Waals surface area contributed by atoms with Crippen molar-refractivity contribution in [3.8, 4) is 0 Å². The molecule has 0 saturated carbocycles. The highest BCUT2D eigenvalue weighted by molar-refractivity contribution is 5.79. The highest BCUT2D eigenvalue weighted by Crippen LogP contribution is 2.16. The number of hydrogen-bond donors (Lipinski definition) is 1. The smallest absolute Gasteiger partial charge is 0.220 e. The molecule has 3 nitrogen and oxygen atoms in total. The molecule has 0 aliphatic rings. The molecule has 1 heterocycles. The molecule has 4 heteroatoms. The number of halogens is 1. The lowest BCUT2D eigenvalue weighted by atomic mass is 10.1. The normalized spacial score (nSPS) is 10.9. The van der Waals surface area contributed by atoms with E-state index < -0.39 is 0 Å². The van der Waals surface area contributed by atoms with Gasteiger partial charge in [-0.15, -0.1) is 0 Å². The van der Waals surface area contributed by atoms with Crippen LogP contribution in [0.4, 0.5) is 4.39 Å². The van der Waals surface area contributed by atoms with Crippen LogP contribution in [0.15, 0.2) is 30.3 Å². The van der Waals surface area contributed by atoms with Crippen molar-refractivity contribution in [1.29, 1.82) is 0 Å². The molecule has 0 saturated heterocycles. The van der Waals surface area contributed by atoms with Crippen molar-refractivity contribution in [3.63, 3.8) is 0 Å².